The Balaban J connectivity index is 2.27. The van der Waals surface area contributed by atoms with Gasteiger partial charge in [-0.2, -0.15) is 0 Å². The molecule has 0 fully saturated rings. The zero-order chi connectivity index (χ0) is 12.0. The maximum atomic E-state index is 5.95. The highest BCUT2D eigenvalue weighted by Gasteiger charge is 2.09. The monoisotopic (exact) mass is 237 g/mol. The maximum Gasteiger partial charge on any atom is 0.00970 e. The van der Waals surface area contributed by atoms with E-state index in [1.807, 2.05) is 0 Å². The van der Waals surface area contributed by atoms with E-state index in [4.69, 9.17) is 5.73 Å². The van der Waals surface area contributed by atoms with E-state index >= 15 is 0 Å². The van der Waals surface area contributed by atoms with Crippen LogP contribution in [0.25, 0.3) is 0 Å². The summed E-state index contributed by atoms with van der Waals surface area (Å²) in [6.07, 6.45) is 6.84. The van der Waals surface area contributed by atoms with Crippen molar-refractivity contribution in [1.82, 2.24) is 0 Å². The lowest BCUT2D eigenvalue weighted by Crippen LogP contribution is -2.31. The van der Waals surface area contributed by atoms with Crippen LogP contribution < -0.4 is 5.73 Å². The summed E-state index contributed by atoms with van der Waals surface area (Å²) >= 11 is 1.79. The third-order valence-corrected chi connectivity index (χ3v) is 3.44. The standard InChI is InChI=1S/C14H23NS/c1-14(2,15)11-5-4-6-12-7-9-13(16-3)10-8-12/h7-10H,4-6,11,15H2,1-3H3. The molecule has 0 aliphatic rings. The summed E-state index contributed by atoms with van der Waals surface area (Å²) in [7, 11) is 0. The minimum absolute atomic E-state index is 0.0112. The van der Waals surface area contributed by atoms with E-state index in [1.165, 1.54) is 29.7 Å². The first-order chi connectivity index (χ1) is 7.51. The summed E-state index contributed by atoms with van der Waals surface area (Å²) in [6, 6.07) is 8.87. The van der Waals surface area contributed by atoms with E-state index in [2.05, 4.69) is 44.4 Å². The molecule has 2 heteroatoms. The minimum atomic E-state index is -0.0112. The van der Waals surface area contributed by atoms with Gasteiger partial charge in [-0.3, -0.25) is 0 Å². The molecule has 0 bridgehead atoms. The minimum Gasteiger partial charge on any atom is -0.326 e. The molecule has 0 atom stereocenters. The number of benzene rings is 1. The zero-order valence-electron chi connectivity index (χ0n) is 10.6. The highest BCUT2D eigenvalue weighted by atomic mass is 32.2. The summed E-state index contributed by atoms with van der Waals surface area (Å²) in [5, 5.41) is 0. The van der Waals surface area contributed by atoms with Crippen LogP contribution in [0.15, 0.2) is 29.2 Å². The lowest BCUT2D eigenvalue weighted by molar-refractivity contribution is 0.450. The molecule has 0 spiro atoms. The summed E-state index contributed by atoms with van der Waals surface area (Å²) in [5.74, 6) is 0. The number of aryl methyl sites for hydroxylation is 1. The third kappa shape index (κ3) is 5.57. The first-order valence-electron chi connectivity index (χ1n) is 5.93. The molecule has 0 unspecified atom stereocenters. The number of rotatable bonds is 6. The number of thioether (sulfide) groups is 1. The van der Waals surface area contributed by atoms with Crippen molar-refractivity contribution in [3.63, 3.8) is 0 Å². The molecule has 1 nitrogen and oxygen atoms in total. The predicted octanol–water partition coefficient (Wildman–Crippen LogP) is 3.86. The Morgan fingerprint density at radius 3 is 2.25 bits per heavy atom. The molecule has 0 saturated carbocycles. The van der Waals surface area contributed by atoms with Crippen LogP contribution in [0.1, 0.15) is 38.7 Å². The van der Waals surface area contributed by atoms with Gasteiger partial charge < -0.3 is 5.73 Å². The molecule has 0 saturated heterocycles. The Kier molecular flexibility index (Phi) is 5.36. The van der Waals surface area contributed by atoms with Gasteiger partial charge in [0.15, 0.2) is 0 Å². The second-order valence-corrected chi connectivity index (χ2v) is 5.92. The molecule has 1 rings (SSSR count). The smallest absolute Gasteiger partial charge is 0.00970 e. The Bertz CT molecular complexity index is 298. The fourth-order valence-corrected chi connectivity index (χ4v) is 2.11. The molecule has 0 aliphatic heterocycles. The van der Waals surface area contributed by atoms with Crippen molar-refractivity contribution in [1.29, 1.82) is 0 Å². The summed E-state index contributed by atoms with van der Waals surface area (Å²) in [5.41, 5.74) is 7.38. The fraction of sp³-hybridized carbons (Fsp3) is 0.571. The Hall–Kier alpha value is -0.470. The third-order valence-electron chi connectivity index (χ3n) is 2.70. The molecule has 1 aromatic carbocycles. The normalized spacial score (nSPS) is 11.8. The summed E-state index contributed by atoms with van der Waals surface area (Å²) in [6.45, 7) is 4.19. The van der Waals surface area contributed by atoms with Crippen molar-refractivity contribution in [3.05, 3.63) is 29.8 Å². The Labute approximate surface area is 104 Å². The molecular formula is C14H23NS. The molecular weight excluding hydrogens is 214 g/mol. The van der Waals surface area contributed by atoms with E-state index < -0.39 is 0 Å². The van der Waals surface area contributed by atoms with Gasteiger partial charge in [0.1, 0.15) is 0 Å². The van der Waals surface area contributed by atoms with Crippen LogP contribution in [-0.4, -0.2) is 11.8 Å². The summed E-state index contributed by atoms with van der Waals surface area (Å²) in [4.78, 5) is 1.34. The molecule has 16 heavy (non-hydrogen) atoms. The molecule has 0 amide bonds. The molecule has 0 aromatic heterocycles. The largest absolute Gasteiger partial charge is 0.326 e. The number of hydrogen-bond acceptors (Lipinski definition) is 2. The van der Waals surface area contributed by atoms with Crippen molar-refractivity contribution in [3.8, 4) is 0 Å². The molecule has 0 aliphatic carbocycles. The predicted molar refractivity (Wildman–Crippen MR) is 74.0 cm³/mol. The van der Waals surface area contributed by atoms with Gasteiger partial charge in [0, 0.05) is 10.4 Å². The number of nitrogens with two attached hydrogens (primary N) is 1. The van der Waals surface area contributed by atoms with Gasteiger partial charge in [-0.15, -0.1) is 11.8 Å². The van der Waals surface area contributed by atoms with Crippen molar-refractivity contribution in [2.75, 3.05) is 6.26 Å². The molecule has 1 aromatic rings. The quantitative estimate of drug-likeness (QED) is 0.600. The van der Waals surface area contributed by atoms with Gasteiger partial charge in [0.25, 0.3) is 0 Å². The Morgan fingerprint density at radius 1 is 1.12 bits per heavy atom. The van der Waals surface area contributed by atoms with Crippen LogP contribution in [0, 0.1) is 0 Å². The molecule has 0 heterocycles. The number of hydrogen-bond donors (Lipinski definition) is 1. The molecule has 90 valence electrons. The number of unbranched alkanes of at least 4 members (excludes halogenated alkanes) is 1. The zero-order valence-corrected chi connectivity index (χ0v) is 11.4. The van der Waals surface area contributed by atoms with E-state index in [0.29, 0.717) is 0 Å². The van der Waals surface area contributed by atoms with Gasteiger partial charge in [-0.1, -0.05) is 18.6 Å². The highest BCUT2D eigenvalue weighted by molar-refractivity contribution is 7.98. The van der Waals surface area contributed by atoms with Crippen molar-refractivity contribution < 1.29 is 0 Å². The second kappa shape index (κ2) is 6.31. The molecule has 2 N–H and O–H groups in total. The van der Waals surface area contributed by atoms with Gasteiger partial charge >= 0.3 is 0 Å². The van der Waals surface area contributed by atoms with Gasteiger partial charge in [-0.25, -0.2) is 0 Å². The maximum absolute atomic E-state index is 5.95. The fourth-order valence-electron chi connectivity index (χ4n) is 1.70. The van der Waals surface area contributed by atoms with Crippen LogP contribution in [0.5, 0.6) is 0 Å². The van der Waals surface area contributed by atoms with Gasteiger partial charge in [0.05, 0.1) is 0 Å². The van der Waals surface area contributed by atoms with Gasteiger partial charge in [-0.05, 0) is 57.1 Å². The van der Waals surface area contributed by atoms with E-state index in [0.717, 1.165) is 6.42 Å². The van der Waals surface area contributed by atoms with Crippen molar-refractivity contribution in [2.45, 2.75) is 50.0 Å². The summed E-state index contributed by atoms with van der Waals surface area (Å²) < 4.78 is 0. The lowest BCUT2D eigenvalue weighted by atomic mass is 9.97. The SMILES string of the molecule is CSc1ccc(CCCCC(C)(C)N)cc1. The topological polar surface area (TPSA) is 26.0 Å². The van der Waals surface area contributed by atoms with E-state index in [-0.39, 0.29) is 5.54 Å². The van der Waals surface area contributed by atoms with Crippen LogP contribution in [0.4, 0.5) is 0 Å². The first-order valence-corrected chi connectivity index (χ1v) is 7.15. The second-order valence-electron chi connectivity index (χ2n) is 5.04. The van der Waals surface area contributed by atoms with E-state index in [1.54, 1.807) is 11.8 Å². The average Bonchev–Trinajstić information content (AvgIpc) is 2.24. The van der Waals surface area contributed by atoms with E-state index in [9.17, 15) is 0 Å². The van der Waals surface area contributed by atoms with Crippen LogP contribution >= 0.6 is 11.8 Å². The van der Waals surface area contributed by atoms with Crippen molar-refractivity contribution >= 4 is 11.8 Å². The van der Waals surface area contributed by atoms with Crippen LogP contribution in [-0.2, 0) is 6.42 Å². The van der Waals surface area contributed by atoms with Gasteiger partial charge in [0.2, 0.25) is 0 Å². The average molecular weight is 237 g/mol. The lowest BCUT2D eigenvalue weighted by Gasteiger charge is -2.17. The molecule has 0 radical (unpaired) electrons. The highest BCUT2D eigenvalue weighted by Crippen LogP contribution is 2.17. The van der Waals surface area contributed by atoms with Crippen LogP contribution in [0.2, 0.25) is 0 Å². The van der Waals surface area contributed by atoms with Crippen molar-refractivity contribution in [2.24, 2.45) is 5.73 Å². The Morgan fingerprint density at radius 2 is 1.75 bits per heavy atom. The first kappa shape index (κ1) is 13.6. The van der Waals surface area contributed by atoms with Crippen LogP contribution in [0.3, 0.4) is 0 Å².